The Bertz CT molecular complexity index is 1550. The van der Waals surface area contributed by atoms with Crippen LogP contribution in [0.2, 0.25) is 0 Å². The molecule has 1 saturated heterocycles. The fourth-order valence-corrected chi connectivity index (χ4v) is 4.47. The second kappa shape index (κ2) is 10.8. The lowest BCUT2D eigenvalue weighted by molar-refractivity contribution is -0.284. The van der Waals surface area contributed by atoms with Gasteiger partial charge in [-0.25, -0.2) is 22.7 Å². The highest BCUT2D eigenvalue weighted by molar-refractivity contribution is 5.96. The fraction of sp³-hybridized carbons (Fsp3) is 0.391. The van der Waals surface area contributed by atoms with Crippen LogP contribution in [-0.4, -0.2) is 69.0 Å². The van der Waals surface area contributed by atoms with Gasteiger partial charge in [-0.15, -0.1) is 0 Å². The Labute approximate surface area is 231 Å². The van der Waals surface area contributed by atoms with E-state index in [9.17, 15) is 62.3 Å². The van der Waals surface area contributed by atoms with E-state index in [1.54, 1.807) is 0 Å². The number of hydrogen-bond donors (Lipinski definition) is 2. The molecule has 0 bridgehead atoms. The first kappa shape index (κ1) is 31.7. The minimum absolute atomic E-state index is 0.132. The van der Waals surface area contributed by atoms with Gasteiger partial charge in [-0.05, 0) is 12.1 Å². The van der Waals surface area contributed by atoms with Crippen LogP contribution >= 0.6 is 0 Å². The Morgan fingerprint density at radius 1 is 0.977 bits per heavy atom. The van der Waals surface area contributed by atoms with Gasteiger partial charge >= 0.3 is 18.5 Å². The third-order valence-corrected chi connectivity index (χ3v) is 6.55. The molecule has 0 aliphatic carbocycles. The molecule has 20 heteroatoms. The molecule has 0 saturated carbocycles. The molecule has 2 atom stereocenters. The lowest BCUT2D eigenvalue weighted by Crippen LogP contribution is -2.43. The molecule has 2 aromatic heterocycles. The van der Waals surface area contributed by atoms with Crippen molar-refractivity contribution in [2.75, 3.05) is 18.8 Å². The van der Waals surface area contributed by atoms with Crippen LogP contribution in [0.4, 0.5) is 58.5 Å². The standard InChI is InChI=1S/C23H16F12N6O2/c24-11-3-12(25)9(1-8(11)15-2-10(21(27,28)29)18-19(36)37-7-38-41(15)18)20(43)39-14-6-40(5-13(14)26)17(42)4-16(22(30,31)32)23(33,34)35/h1-3,7,13-14,16H,4-6H2,(H,39,43)(H2,36,37,38)/t13-,14+/m0/s1. The molecule has 0 unspecified atom stereocenters. The van der Waals surface area contributed by atoms with Gasteiger partial charge in [-0.2, -0.15) is 44.6 Å². The zero-order valence-corrected chi connectivity index (χ0v) is 20.9. The van der Waals surface area contributed by atoms with Crippen molar-refractivity contribution in [1.29, 1.82) is 0 Å². The van der Waals surface area contributed by atoms with E-state index in [1.807, 2.05) is 5.32 Å². The van der Waals surface area contributed by atoms with Gasteiger partial charge in [0, 0.05) is 24.6 Å². The molecule has 4 rings (SSSR count). The molecule has 234 valence electrons. The van der Waals surface area contributed by atoms with E-state index < -0.39 is 113 Å². The van der Waals surface area contributed by atoms with Gasteiger partial charge in [0.1, 0.15) is 29.7 Å². The third-order valence-electron chi connectivity index (χ3n) is 6.55. The predicted molar refractivity (Wildman–Crippen MR) is 121 cm³/mol. The van der Waals surface area contributed by atoms with Gasteiger partial charge in [0.05, 0.1) is 29.4 Å². The fourth-order valence-electron chi connectivity index (χ4n) is 4.47. The van der Waals surface area contributed by atoms with Crippen LogP contribution in [0.5, 0.6) is 0 Å². The highest BCUT2D eigenvalue weighted by atomic mass is 19.4. The number of alkyl halides is 10. The van der Waals surface area contributed by atoms with Crippen molar-refractivity contribution < 1.29 is 62.3 Å². The molecule has 0 spiro atoms. The molecule has 8 nitrogen and oxygen atoms in total. The molecule has 1 aromatic carbocycles. The smallest absolute Gasteiger partial charge is 0.382 e. The SMILES string of the molecule is Nc1ncnn2c(-c3cc(C(=O)N[C@@H]4CN(C(=O)CC(C(F)(F)F)C(F)(F)F)C[C@@H]4F)c(F)cc3F)cc(C(F)(F)F)c12. The molecule has 3 heterocycles. The number of aromatic nitrogens is 3. The van der Waals surface area contributed by atoms with Crippen LogP contribution < -0.4 is 11.1 Å². The summed E-state index contributed by atoms with van der Waals surface area (Å²) in [6.07, 6.45) is -20.3. The molecule has 0 radical (unpaired) electrons. The predicted octanol–water partition coefficient (Wildman–Crippen LogP) is 4.69. The number of amides is 2. The topological polar surface area (TPSA) is 106 Å². The summed E-state index contributed by atoms with van der Waals surface area (Å²) in [5.41, 5.74) is 0.874. The van der Waals surface area contributed by atoms with E-state index in [1.165, 1.54) is 0 Å². The summed E-state index contributed by atoms with van der Waals surface area (Å²) in [7, 11) is 0. The Kier molecular flexibility index (Phi) is 7.94. The number of benzene rings is 1. The van der Waals surface area contributed by atoms with Gasteiger partial charge in [-0.3, -0.25) is 9.59 Å². The van der Waals surface area contributed by atoms with E-state index in [2.05, 4.69) is 10.1 Å². The maximum atomic E-state index is 14.8. The number of nitrogens with two attached hydrogens (primary N) is 1. The summed E-state index contributed by atoms with van der Waals surface area (Å²) in [6, 6.07) is -0.736. The summed E-state index contributed by atoms with van der Waals surface area (Å²) < 4.78 is 162. The first-order valence-corrected chi connectivity index (χ1v) is 11.7. The molecular formula is C23H16F12N6O2. The highest BCUT2D eigenvalue weighted by Gasteiger charge is 2.57. The Hall–Kier alpha value is -4.26. The van der Waals surface area contributed by atoms with Crippen LogP contribution in [0, 0.1) is 17.6 Å². The molecule has 1 aliphatic heterocycles. The van der Waals surface area contributed by atoms with Crippen molar-refractivity contribution in [2.45, 2.75) is 37.2 Å². The van der Waals surface area contributed by atoms with Gasteiger partial charge in [0.15, 0.2) is 11.7 Å². The maximum absolute atomic E-state index is 14.8. The van der Waals surface area contributed by atoms with E-state index >= 15 is 0 Å². The van der Waals surface area contributed by atoms with Crippen molar-refractivity contribution in [2.24, 2.45) is 5.92 Å². The minimum Gasteiger partial charge on any atom is -0.382 e. The Morgan fingerprint density at radius 3 is 2.19 bits per heavy atom. The van der Waals surface area contributed by atoms with Crippen LogP contribution in [0.25, 0.3) is 16.8 Å². The number of fused-ring (bicyclic) bond motifs is 1. The lowest BCUT2D eigenvalue weighted by Gasteiger charge is -2.25. The number of nitrogens with zero attached hydrogens (tertiary/aromatic N) is 4. The quantitative estimate of drug-likeness (QED) is 0.396. The van der Waals surface area contributed by atoms with Gasteiger partial charge in [-0.1, -0.05) is 0 Å². The van der Waals surface area contributed by atoms with E-state index in [0.29, 0.717) is 21.5 Å². The molecule has 2 amide bonds. The first-order chi connectivity index (χ1) is 19.7. The summed E-state index contributed by atoms with van der Waals surface area (Å²) in [5, 5.41) is 5.51. The number of nitrogen functional groups attached to an aromatic ring is 1. The number of hydrogen-bond acceptors (Lipinski definition) is 5. The molecule has 1 aliphatic rings. The Morgan fingerprint density at radius 2 is 1.60 bits per heavy atom. The third kappa shape index (κ3) is 6.26. The van der Waals surface area contributed by atoms with E-state index in [-0.39, 0.29) is 6.07 Å². The summed E-state index contributed by atoms with van der Waals surface area (Å²) in [5.74, 6) is -10.9. The van der Waals surface area contributed by atoms with E-state index in [0.717, 1.165) is 6.33 Å². The number of nitrogens with one attached hydrogen (secondary N) is 1. The van der Waals surface area contributed by atoms with Gasteiger partial charge in [0.25, 0.3) is 5.91 Å². The van der Waals surface area contributed by atoms with Crippen molar-refractivity contribution >= 4 is 23.1 Å². The molecule has 3 N–H and O–H groups in total. The summed E-state index contributed by atoms with van der Waals surface area (Å²) in [4.78, 5) is 28.7. The van der Waals surface area contributed by atoms with Crippen LogP contribution in [-0.2, 0) is 11.0 Å². The molecule has 1 fully saturated rings. The van der Waals surface area contributed by atoms with E-state index in [4.69, 9.17) is 5.73 Å². The number of carbonyl (C=O) groups excluding carboxylic acids is 2. The highest BCUT2D eigenvalue weighted by Crippen LogP contribution is 2.42. The number of carbonyl (C=O) groups is 2. The van der Waals surface area contributed by atoms with Crippen LogP contribution in [0.15, 0.2) is 24.5 Å². The summed E-state index contributed by atoms with van der Waals surface area (Å²) in [6.45, 7) is -1.92. The van der Waals surface area contributed by atoms with Crippen molar-refractivity contribution in [3.63, 3.8) is 0 Å². The zero-order chi connectivity index (χ0) is 32.2. The van der Waals surface area contributed by atoms with Crippen molar-refractivity contribution in [1.82, 2.24) is 24.8 Å². The first-order valence-electron chi connectivity index (χ1n) is 11.7. The lowest BCUT2D eigenvalue weighted by atomic mass is 10.0. The summed E-state index contributed by atoms with van der Waals surface area (Å²) >= 11 is 0. The largest absolute Gasteiger partial charge is 0.418 e. The number of halogens is 12. The zero-order valence-electron chi connectivity index (χ0n) is 20.9. The Balaban J connectivity index is 1.60. The minimum atomic E-state index is -5.84. The average molecular weight is 636 g/mol. The van der Waals surface area contributed by atoms with Crippen LogP contribution in [0.3, 0.4) is 0 Å². The second-order valence-corrected chi connectivity index (χ2v) is 9.39. The average Bonchev–Trinajstić information content (AvgIpc) is 3.43. The number of likely N-dealkylation sites (tertiary alicyclic amines) is 1. The van der Waals surface area contributed by atoms with Crippen molar-refractivity contribution in [3.8, 4) is 11.3 Å². The number of rotatable bonds is 5. The maximum Gasteiger partial charge on any atom is 0.418 e. The van der Waals surface area contributed by atoms with Gasteiger partial charge in [0.2, 0.25) is 5.91 Å². The number of anilines is 1. The second-order valence-electron chi connectivity index (χ2n) is 9.39. The molecular weight excluding hydrogens is 620 g/mol. The monoisotopic (exact) mass is 636 g/mol. The molecule has 3 aromatic rings. The van der Waals surface area contributed by atoms with Crippen molar-refractivity contribution in [3.05, 3.63) is 47.3 Å². The van der Waals surface area contributed by atoms with Crippen LogP contribution in [0.1, 0.15) is 22.3 Å². The van der Waals surface area contributed by atoms with Gasteiger partial charge < -0.3 is 16.0 Å². The molecule has 43 heavy (non-hydrogen) atoms. The normalized spacial score (nSPS) is 18.1.